The van der Waals surface area contributed by atoms with Crippen LogP contribution in [0.1, 0.15) is 87.1 Å². The molecule has 123 heavy (non-hydrogen) atoms. The fourth-order valence-electron chi connectivity index (χ4n) is 13.4. The van der Waals surface area contributed by atoms with Crippen LogP contribution < -0.4 is 20.5 Å². The molecule has 0 aromatic heterocycles. The van der Waals surface area contributed by atoms with Crippen molar-refractivity contribution in [3.63, 3.8) is 0 Å². The highest BCUT2D eigenvalue weighted by Crippen LogP contribution is 2.42. The maximum atomic E-state index is 13.3. The SMILES string of the molecule is CN1Cc2c(Cl)cc(Cl)cc2C(c2cccc(S(=O)(=O)CCCOCCOCCOCCCC(=O)[C@H](O)[C@H](O)C(=O)NCCOCCOCCOCCNS(=O)(=O)c3cccc(C4CN(C)Cc5c(Cl)cc(Cl)cc54)c3)c2)C1.CN1Cc2c(Cl)cc(Cl)cc2C(c2cccc(S(=O)(=O)NCCOCCOCCOCCN)c2)C1.O=C(O)[C@@H](O)[C@@H](O)C(=O)O. The van der Waals surface area contributed by atoms with E-state index in [2.05, 4.69) is 29.5 Å². The lowest BCUT2D eigenvalue weighted by Crippen LogP contribution is -2.46. The maximum Gasteiger partial charge on any atom is 0.335 e. The summed E-state index contributed by atoms with van der Waals surface area (Å²) in [5, 5.41) is 58.8. The number of aliphatic hydroxyl groups is 4. The fourth-order valence-corrected chi connectivity index (χ4v) is 18.6. The number of Topliss-reactive ketones (excluding diaryl/α,β-unsaturated/α-hetero) is 1. The molecule has 0 spiro atoms. The average Bonchev–Trinajstić information content (AvgIpc) is 0.781. The monoisotopic (exact) mass is 1900 g/mol. The number of amides is 1. The van der Waals surface area contributed by atoms with Gasteiger partial charge in [0.1, 0.15) is 6.10 Å². The van der Waals surface area contributed by atoms with Gasteiger partial charge in [-0.05, 0) is 157 Å². The second-order valence-corrected chi connectivity index (χ2v) is 37.1. The predicted octanol–water partition coefficient (Wildman–Crippen LogP) is 6.62. The molecule has 41 heteroatoms. The van der Waals surface area contributed by atoms with Crippen molar-refractivity contribution in [1.82, 2.24) is 29.5 Å². The Labute approximate surface area is 747 Å². The number of nitrogens with two attached hydrogens (primary N) is 1. The molecule has 0 radical (unpaired) electrons. The molecule has 9 rings (SSSR count). The lowest BCUT2D eigenvalue weighted by molar-refractivity contribution is -0.165. The van der Waals surface area contributed by atoms with Crippen molar-refractivity contribution >= 4 is 123 Å². The molecule has 3 heterocycles. The van der Waals surface area contributed by atoms with Crippen molar-refractivity contribution in [1.29, 1.82) is 0 Å². The topological polar surface area (TPSA) is 447 Å². The number of sulfonamides is 2. The zero-order valence-corrected chi connectivity index (χ0v) is 75.4. The van der Waals surface area contributed by atoms with Crippen LogP contribution in [0.4, 0.5) is 0 Å². The van der Waals surface area contributed by atoms with Gasteiger partial charge in [0.05, 0.1) is 126 Å². The highest BCUT2D eigenvalue weighted by molar-refractivity contribution is 7.91. The Kier molecular flexibility index (Phi) is 45.2. The molecular formula is C82H109Cl6N7O25S3. The highest BCUT2D eigenvalue weighted by atomic mass is 35.5. The van der Waals surface area contributed by atoms with E-state index in [4.69, 9.17) is 138 Å². The molecule has 7 atom stereocenters. The first-order valence-corrected chi connectivity index (χ1v) is 46.4. The zero-order valence-electron chi connectivity index (χ0n) is 68.4. The molecule has 682 valence electrons. The Bertz CT molecular complexity index is 4540. The van der Waals surface area contributed by atoms with E-state index in [9.17, 15) is 54.6 Å². The van der Waals surface area contributed by atoms with E-state index in [1.807, 2.05) is 57.5 Å². The smallest absolute Gasteiger partial charge is 0.335 e. The number of carbonyl (C=O) groups excluding carboxylic acids is 2. The number of aliphatic hydroxyl groups excluding tert-OH is 4. The van der Waals surface area contributed by atoms with Crippen molar-refractivity contribution in [3.8, 4) is 0 Å². The zero-order chi connectivity index (χ0) is 89.8. The Morgan fingerprint density at radius 2 is 0.732 bits per heavy atom. The third-order valence-corrected chi connectivity index (χ3v) is 25.9. The molecule has 3 unspecified atom stereocenters. The number of nitrogens with one attached hydrogen (secondary N) is 3. The number of rotatable bonds is 51. The normalized spacial score (nSPS) is 16.7. The molecule has 3 aliphatic rings. The maximum absolute atomic E-state index is 13.3. The molecule has 0 fully saturated rings. The summed E-state index contributed by atoms with van der Waals surface area (Å²) in [6.07, 6.45) is -7.96. The standard InChI is InChI=1S/C54H70Cl4N4O14S2.C24H33Cl2N3O5S.C4H6O6/c1-61-33-45(43-29-39(55)31-49(57)47(43)35-61)37-7-3-9-41(27-37)77(67,68)26-6-15-72-19-23-75-22-18-71-14-5-11-51(63)52(64)53(65)54(66)59-12-16-73-20-24-76-25-21-74-17-13-60-78(69,70)42-10-4-8-38(28-42)46-34-62(2)36-48-44(46)30-40(56)32-50(48)58;1-29-16-22(21-14-19(25)15-24(26)23(21)17-29)18-3-2-4-20(13-18)35(30,31)28-6-8-33-10-12-34-11-9-32-7-5-27;5-1(3(7)8)2(6)4(9)10/h3-4,7-10,27-32,45-46,52-53,60,64-65H,5-6,11-26,33-36H2,1-2H3,(H,59,66);2-4,13-15,22,28H,5-12,16-17,27H2,1H3;1-2,5-6H,(H,7,8)(H,9,10)/t45?,46?,52-,53-;;1-,2+/m0../s1. The minimum Gasteiger partial charge on any atom is -0.479 e. The number of carboxylic acids is 2. The highest BCUT2D eigenvalue weighted by Gasteiger charge is 2.34. The lowest BCUT2D eigenvalue weighted by Gasteiger charge is -2.33. The number of halogens is 6. The van der Waals surface area contributed by atoms with Crippen LogP contribution in [0.2, 0.25) is 30.1 Å². The van der Waals surface area contributed by atoms with Gasteiger partial charge in [-0.25, -0.2) is 44.3 Å². The van der Waals surface area contributed by atoms with Crippen LogP contribution >= 0.6 is 69.6 Å². The summed E-state index contributed by atoms with van der Waals surface area (Å²) in [7, 11) is -5.07. The third kappa shape index (κ3) is 34.3. The van der Waals surface area contributed by atoms with Crippen LogP contribution in [0.5, 0.6) is 0 Å². The number of ketones is 1. The summed E-state index contributed by atoms with van der Waals surface area (Å²) >= 11 is 38.4. The van der Waals surface area contributed by atoms with E-state index in [1.54, 1.807) is 72.8 Å². The van der Waals surface area contributed by atoms with Gasteiger partial charge >= 0.3 is 11.9 Å². The number of likely N-dealkylation sites (N-methyl/N-ethyl adjacent to an activating group) is 3. The van der Waals surface area contributed by atoms with Gasteiger partial charge in [0.15, 0.2) is 33.9 Å². The number of carbonyl (C=O) groups is 4. The van der Waals surface area contributed by atoms with Crippen molar-refractivity contribution < 1.29 is 118 Å². The summed E-state index contributed by atoms with van der Waals surface area (Å²) in [5.74, 6) is -5.48. The van der Waals surface area contributed by atoms with Gasteiger partial charge < -0.3 is 99.0 Å². The molecule has 0 saturated heterocycles. The number of carboxylic acid groups (broad SMARTS) is 2. The quantitative estimate of drug-likeness (QED) is 0.0179. The molecule has 11 N–H and O–H groups in total. The van der Waals surface area contributed by atoms with Crippen molar-refractivity contribution in [2.45, 2.75) is 95.8 Å². The molecule has 32 nitrogen and oxygen atoms in total. The van der Waals surface area contributed by atoms with E-state index < -0.39 is 77.9 Å². The second-order valence-electron chi connectivity index (χ2n) is 28.9. The van der Waals surface area contributed by atoms with Gasteiger partial charge in [-0.1, -0.05) is 106 Å². The summed E-state index contributed by atoms with van der Waals surface area (Å²) in [6, 6.07) is 31.8. The first-order chi connectivity index (χ1) is 58.6. The van der Waals surface area contributed by atoms with Gasteiger partial charge in [-0.15, -0.1) is 0 Å². The Balaban J connectivity index is 0.000000378. The number of ether oxygens (including phenoxy) is 9. The van der Waals surface area contributed by atoms with Gasteiger partial charge in [-0.2, -0.15) is 0 Å². The van der Waals surface area contributed by atoms with Crippen molar-refractivity contribution in [2.24, 2.45) is 5.73 Å². The fraction of sp³-hybridized carbons (Fsp3) is 0.512. The summed E-state index contributed by atoms with van der Waals surface area (Å²) in [4.78, 5) is 51.3. The molecule has 3 aliphatic heterocycles. The van der Waals surface area contributed by atoms with Gasteiger partial charge in [0.2, 0.25) is 20.0 Å². The number of hydrogen-bond donors (Lipinski definition) is 10. The van der Waals surface area contributed by atoms with Crippen LogP contribution in [-0.4, -0.2) is 310 Å². The number of nitrogens with zero attached hydrogens (tertiary/aromatic N) is 3. The number of fused-ring (bicyclic) bond motifs is 3. The largest absolute Gasteiger partial charge is 0.479 e. The predicted molar refractivity (Wildman–Crippen MR) is 463 cm³/mol. The van der Waals surface area contributed by atoms with Crippen LogP contribution in [0, 0.1) is 0 Å². The Morgan fingerprint density at radius 1 is 0.415 bits per heavy atom. The van der Waals surface area contributed by atoms with E-state index >= 15 is 0 Å². The minimum absolute atomic E-state index is 0.0151. The molecule has 0 aliphatic carbocycles. The van der Waals surface area contributed by atoms with E-state index in [0.29, 0.717) is 109 Å². The van der Waals surface area contributed by atoms with Gasteiger partial charge in [0, 0.05) is 133 Å². The second kappa shape index (κ2) is 53.3. The van der Waals surface area contributed by atoms with Crippen molar-refractivity contribution in [2.75, 3.05) is 192 Å². The number of benzene rings is 6. The molecule has 0 bridgehead atoms. The number of hydrogen-bond acceptors (Lipinski definition) is 27. The van der Waals surface area contributed by atoms with E-state index in [1.165, 1.54) is 0 Å². The molecular weight excluding hydrogens is 1790 g/mol. The molecule has 6 aromatic rings. The summed E-state index contributed by atoms with van der Waals surface area (Å²) < 4.78 is 133. The number of sulfone groups is 1. The third-order valence-electron chi connectivity index (χ3n) is 19.5. The Hall–Kier alpha value is -5.77. The van der Waals surface area contributed by atoms with Crippen LogP contribution in [0.3, 0.4) is 0 Å². The van der Waals surface area contributed by atoms with Gasteiger partial charge in [0.25, 0.3) is 5.91 Å². The Morgan fingerprint density at radius 3 is 1.09 bits per heavy atom. The van der Waals surface area contributed by atoms with E-state index in [0.717, 1.165) is 56.6 Å². The van der Waals surface area contributed by atoms with Crippen LogP contribution in [0.25, 0.3) is 0 Å². The van der Waals surface area contributed by atoms with E-state index in [-0.39, 0.29) is 157 Å². The first kappa shape index (κ1) is 104. The van der Waals surface area contributed by atoms with Gasteiger partial charge in [-0.3, -0.25) is 9.59 Å². The lowest BCUT2D eigenvalue weighted by atomic mass is 9.85. The molecule has 0 saturated carbocycles. The molecule has 1 amide bonds. The van der Waals surface area contributed by atoms with Crippen LogP contribution in [-0.2, 0) is 111 Å². The first-order valence-electron chi connectivity index (χ1n) is 39.5. The van der Waals surface area contributed by atoms with Crippen molar-refractivity contribution in [3.05, 3.63) is 189 Å². The van der Waals surface area contributed by atoms with Crippen LogP contribution in [0.15, 0.2) is 124 Å². The molecule has 6 aromatic carbocycles. The minimum atomic E-state index is -3.82. The summed E-state index contributed by atoms with van der Waals surface area (Å²) in [6.45, 7) is 9.89. The number of aliphatic carboxylic acids is 2. The average molecular weight is 1900 g/mol. The summed E-state index contributed by atoms with van der Waals surface area (Å²) in [5.41, 5.74) is 13.9.